The fourth-order valence-electron chi connectivity index (χ4n) is 3.02. The Morgan fingerprint density at radius 3 is 2.10 bits per heavy atom. The standard InChI is InChI=1S/C25H38O4SSi/c1-20-13-17-23(18-14-20)30(26,27)28-19-24(29-31(6,7)25(3,4)5)21(2)15-16-22-11-9-8-10-12-22/h8-14,17-18,21,24H,15-16,19H2,1-7H3/t21?,24-/m0/s1. The van der Waals surface area contributed by atoms with E-state index >= 15 is 0 Å². The van der Waals surface area contributed by atoms with Crippen molar-refractivity contribution in [2.75, 3.05) is 6.61 Å². The first-order chi connectivity index (χ1) is 14.3. The molecule has 0 radical (unpaired) electrons. The lowest BCUT2D eigenvalue weighted by molar-refractivity contribution is 0.0716. The molecule has 0 aliphatic carbocycles. The Labute approximate surface area is 190 Å². The van der Waals surface area contributed by atoms with Crippen molar-refractivity contribution in [3.63, 3.8) is 0 Å². The van der Waals surface area contributed by atoms with Gasteiger partial charge in [0, 0.05) is 0 Å². The van der Waals surface area contributed by atoms with Gasteiger partial charge in [-0.2, -0.15) is 8.42 Å². The van der Waals surface area contributed by atoms with Crippen molar-refractivity contribution in [1.82, 2.24) is 0 Å². The second-order valence-corrected chi connectivity index (χ2v) is 16.3. The van der Waals surface area contributed by atoms with Crippen LogP contribution in [0.2, 0.25) is 18.1 Å². The van der Waals surface area contributed by atoms with E-state index in [1.165, 1.54) is 5.56 Å². The van der Waals surface area contributed by atoms with Gasteiger partial charge in [-0.25, -0.2) is 0 Å². The average molecular weight is 463 g/mol. The van der Waals surface area contributed by atoms with Crippen LogP contribution in [0.5, 0.6) is 0 Å². The molecule has 172 valence electrons. The van der Waals surface area contributed by atoms with Gasteiger partial charge in [0.1, 0.15) is 0 Å². The van der Waals surface area contributed by atoms with E-state index in [1.807, 2.05) is 25.1 Å². The number of aryl methyl sites for hydroxylation is 2. The maximum atomic E-state index is 12.7. The molecule has 0 N–H and O–H groups in total. The van der Waals surface area contributed by atoms with Crippen molar-refractivity contribution in [1.29, 1.82) is 0 Å². The highest BCUT2D eigenvalue weighted by Crippen LogP contribution is 2.38. The third kappa shape index (κ3) is 7.56. The summed E-state index contributed by atoms with van der Waals surface area (Å²) in [6, 6.07) is 17.1. The zero-order valence-electron chi connectivity index (χ0n) is 20.0. The Morgan fingerprint density at radius 1 is 0.968 bits per heavy atom. The fraction of sp³-hybridized carbons (Fsp3) is 0.520. The Kier molecular flexibility index (Phi) is 8.67. The van der Waals surface area contributed by atoms with Crippen LogP contribution in [0.1, 0.15) is 45.2 Å². The van der Waals surface area contributed by atoms with Crippen LogP contribution < -0.4 is 0 Å². The van der Waals surface area contributed by atoms with E-state index in [4.69, 9.17) is 8.61 Å². The van der Waals surface area contributed by atoms with Gasteiger partial charge in [-0.15, -0.1) is 0 Å². The SMILES string of the molecule is Cc1ccc(S(=O)(=O)OC[C@H](O[Si](C)(C)C(C)(C)C)C(C)CCc2ccccc2)cc1. The highest BCUT2D eigenvalue weighted by molar-refractivity contribution is 7.86. The number of benzene rings is 2. The van der Waals surface area contributed by atoms with Crippen LogP contribution >= 0.6 is 0 Å². The average Bonchev–Trinajstić information content (AvgIpc) is 2.69. The topological polar surface area (TPSA) is 52.6 Å². The minimum atomic E-state index is -3.83. The second-order valence-electron chi connectivity index (χ2n) is 9.97. The molecule has 6 heteroatoms. The quantitative estimate of drug-likeness (QED) is 0.304. The first kappa shape index (κ1) is 25.8. The van der Waals surface area contributed by atoms with Crippen molar-refractivity contribution in [2.45, 2.75) is 76.6 Å². The second kappa shape index (κ2) is 10.4. The minimum absolute atomic E-state index is 0.0265. The highest BCUT2D eigenvalue weighted by Gasteiger charge is 2.40. The smallest absolute Gasteiger partial charge is 0.297 e. The molecule has 4 nitrogen and oxygen atoms in total. The summed E-state index contributed by atoms with van der Waals surface area (Å²) in [4.78, 5) is 0.182. The van der Waals surface area contributed by atoms with Gasteiger partial charge in [0.15, 0.2) is 8.32 Å². The summed E-state index contributed by atoms with van der Waals surface area (Å²) in [7, 11) is -5.93. The minimum Gasteiger partial charge on any atom is -0.411 e. The van der Waals surface area contributed by atoms with Crippen molar-refractivity contribution >= 4 is 18.4 Å². The predicted molar refractivity (Wildman–Crippen MR) is 130 cm³/mol. The molecule has 2 aromatic carbocycles. The van der Waals surface area contributed by atoms with Gasteiger partial charge >= 0.3 is 0 Å². The summed E-state index contributed by atoms with van der Waals surface area (Å²) in [6.45, 7) is 15.0. The molecular formula is C25H38O4SSi. The summed E-state index contributed by atoms with van der Waals surface area (Å²) in [5, 5.41) is 0.0280. The summed E-state index contributed by atoms with van der Waals surface area (Å²) in [6.07, 6.45) is 1.53. The van der Waals surface area contributed by atoms with Crippen LogP contribution in [-0.4, -0.2) is 29.4 Å². The van der Waals surface area contributed by atoms with Gasteiger partial charge in [0.2, 0.25) is 0 Å². The predicted octanol–water partition coefficient (Wildman–Crippen LogP) is 6.36. The maximum absolute atomic E-state index is 12.7. The van der Waals surface area contributed by atoms with Crippen molar-refractivity contribution in [3.8, 4) is 0 Å². The molecule has 0 aliphatic heterocycles. The Balaban J connectivity index is 2.15. The molecule has 2 aromatic rings. The summed E-state index contributed by atoms with van der Waals surface area (Å²) >= 11 is 0. The lowest BCUT2D eigenvalue weighted by Gasteiger charge is -2.40. The van der Waals surface area contributed by atoms with Gasteiger partial charge in [0.25, 0.3) is 10.1 Å². The van der Waals surface area contributed by atoms with Crippen molar-refractivity contribution in [2.24, 2.45) is 5.92 Å². The monoisotopic (exact) mass is 462 g/mol. The molecule has 0 heterocycles. The van der Waals surface area contributed by atoms with Crippen LogP contribution in [0.4, 0.5) is 0 Å². The summed E-state index contributed by atoms with van der Waals surface area (Å²) in [5.74, 6) is 0.155. The van der Waals surface area contributed by atoms with E-state index in [2.05, 4.69) is 52.9 Å². The fourth-order valence-corrected chi connectivity index (χ4v) is 5.35. The molecule has 0 saturated carbocycles. The molecule has 0 bridgehead atoms. The van der Waals surface area contributed by atoms with Crippen LogP contribution in [-0.2, 0) is 25.1 Å². The van der Waals surface area contributed by atoms with Gasteiger partial charge in [-0.05, 0) is 61.5 Å². The molecule has 2 rings (SSSR count). The third-order valence-electron chi connectivity index (χ3n) is 6.32. The summed E-state index contributed by atoms with van der Waals surface area (Å²) < 4.78 is 37.7. The van der Waals surface area contributed by atoms with E-state index < -0.39 is 18.4 Å². The van der Waals surface area contributed by atoms with Crippen LogP contribution in [0, 0.1) is 12.8 Å². The molecule has 0 aromatic heterocycles. The largest absolute Gasteiger partial charge is 0.411 e. The Hall–Kier alpha value is -1.47. The third-order valence-corrected chi connectivity index (χ3v) is 12.1. The Morgan fingerprint density at radius 2 is 1.55 bits per heavy atom. The molecule has 0 fully saturated rings. The molecule has 0 saturated heterocycles. The first-order valence-corrected chi connectivity index (χ1v) is 15.3. The van der Waals surface area contributed by atoms with E-state index in [0.717, 1.165) is 18.4 Å². The number of hydrogen-bond acceptors (Lipinski definition) is 4. The van der Waals surface area contributed by atoms with Crippen LogP contribution in [0.3, 0.4) is 0 Å². The van der Waals surface area contributed by atoms with E-state index in [-0.39, 0.29) is 28.6 Å². The molecule has 0 aliphatic rings. The molecule has 1 unspecified atom stereocenters. The summed E-state index contributed by atoms with van der Waals surface area (Å²) in [5.41, 5.74) is 2.28. The zero-order chi connectivity index (χ0) is 23.3. The molecular weight excluding hydrogens is 424 g/mol. The van der Waals surface area contributed by atoms with Crippen molar-refractivity contribution in [3.05, 3.63) is 65.7 Å². The van der Waals surface area contributed by atoms with Gasteiger partial charge < -0.3 is 4.43 Å². The van der Waals surface area contributed by atoms with Crippen molar-refractivity contribution < 1.29 is 17.0 Å². The van der Waals surface area contributed by atoms with Gasteiger partial charge in [-0.1, -0.05) is 75.7 Å². The van der Waals surface area contributed by atoms with Gasteiger partial charge in [0.05, 0.1) is 17.6 Å². The van der Waals surface area contributed by atoms with Gasteiger partial charge in [-0.3, -0.25) is 4.18 Å². The lowest BCUT2D eigenvalue weighted by Crippen LogP contribution is -2.47. The van der Waals surface area contributed by atoms with Crippen LogP contribution in [0.15, 0.2) is 59.5 Å². The number of rotatable bonds is 10. The molecule has 0 amide bonds. The van der Waals surface area contributed by atoms with E-state index in [1.54, 1.807) is 24.3 Å². The zero-order valence-corrected chi connectivity index (χ0v) is 21.8. The Bertz CT molecular complexity index is 916. The maximum Gasteiger partial charge on any atom is 0.297 e. The van der Waals surface area contributed by atoms with E-state index in [0.29, 0.717) is 0 Å². The first-order valence-electron chi connectivity index (χ1n) is 11.0. The highest BCUT2D eigenvalue weighted by atomic mass is 32.2. The molecule has 2 atom stereocenters. The van der Waals surface area contributed by atoms with E-state index in [9.17, 15) is 8.42 Å². The number of hydrogen-bond donors (Lipinski definition) is 0. The van der Waals surface area contributed by atoms with Crippen LogP contribution in [0.25, 0.3) is 0 Å². The lowest BCUT2D eigenvalue weighted by atomic mass is 9.96. The normalized spacial score (nSPS) is 14.9. The molecule has 31 heavy (non-hydrogen) atoms. The molecule has 0 spiro atoms.